The first-order chi connectivity index (χ1) is 9.72. The zero-order chi connectivity index (χ0) is 13.7. The maximum atomic E-state index is 11.0. The van der Waals surface area contributed by atoms with E-state index >= 15 is 0 Å². The molecule has 0 amide bonds. The van der Waals surface area contributed by atoms with E-state index in [2.05, 4.69) is 36.4 Å². The highest BCUT2D eigenvalue weighted by molar-refractivity contribution is 5.81. The molecule has 0 saturated heterocycles. The molecule has 0 fully saturated rings. The molecule has 0 aromatic heterocycles. The van der Waals surface area contributed by atoms with Crippen LogP contribution in [0.4, 0.5) is 0 Å². The predicted molar refractivity (Wildman–Crippen MR) is 76.9 cm³/mol. The molecular formula is C18H14O2. The van der Waals surface area contributed by atoms with E-state index in [1.807, 2.05) is 18.2 Å². The summed E-state index contributed by atoms with van der Waals surface area (Å²) in [5.74, 6) is -0.481. The van der Waals surface area contributed by atoms with E-state index in [0.717, 1.165) is 6.42 Å². The van der Waals surface area contributed by atoms with Gasteiger partial charge in [-0.15, -0.1) is 0 Å². The van der Waals surface area contributed by atoms with Crippen LogP contribution in [-0.2, 0) is 10.2 Å². The molecule has 0 atom stereocenters. The number of allylic oxidation sites excluding steroid dienone is 1. The van der Waals surface area contributed by atoms with E-state index in [0.29, 0.717) is 5.92 Å². The van der Waals surface area contributed by atoms with Gasteiger partial charge in [0.05, 0.1) is 0 Å². The predicted octanol–water partition coefficient (Wildman–Crippen LogP) is 3.46. The molecule has 4 rings (SSSR count). The Hall–Kier alpha value is -2.35. The molecule has 20 heavy (non-hydrogen) atoms. The first-order valence-electron chi connectivity index (χ1n) is 6.83. The number of hydrogen-bond donors (Lipinski definition) is 1. The van der Waals surface area contributed by atoms with Crippen molar-refractivity contribution in [1.29, 1.82) is 0 Å². The fraction of sp³-hybridized carbons (Fsp3) is 0.167. The summed E-state index contributed by atoms with van der Waals surface area (Å²) in [6.07, 6.45) is 4.12. The molecule has 0 radical (unpaired) electrons. The molecule has 2 nitrogen and oxygen atoms in total. The first-order valence-corrected chi connectivity index (χ1v) is 6.83. The third kappa shape index (κ3) is 1.31. The van der Waals surface area contributed by atoms with Crippen molar-refractivity contribution >= 4 is 5.97 Å². The molecule has 2 aromatic carbocycles. The van der Waals surface area contributed by atoms with Gasteiger partial charge in [-0.25, -0.2) is 4.79 Å². The molecular weight excluding hydrogens is 248 g/mol. The van der Waals surface area contributed by atoms with E-state index in [4.69, 9.17) is 5.11 Å². The topological polar surface area (TPSA) is 37.3 Å². The number of rotatable bonds is 2. The van der Waals surface area contributed by atoms with Crippen molar-refractivity contribution in [3.8, 4) is 0 Å². The molecule has 2 aliphatic carbocycles. The second-order valence-electron chi connectivity index (χ2n) is 5.57. The van der Waals surface area contributed by atoms with E-state index in [1.54, 1.807) is 0 Å². The number of carboxylic acids is 1. The average molecular weight is 262 g/mol. The van der Waals surface area contributed by atoms with Gasteiger partial charge in [-0.05, 0) is 28.7 Å². The normalized spacial score (nSPS) is 25.7. The van der Waals surface area contributed by atoms with Crippen LogP contribution in [0.25, 0.3) is 0 Å². The van der Waals surface area contributed by atoms with Gasteiger partial charge in [0.2, 0.25) is 0 Å². The van der Waals surface area contributed by atoms with Crippen molar-refractivity contribution < 1.29 is 9.90 Å². The molecule has 2 aromatic rings. The van der Waals surface area contributed by atoms with Crippen molar-refractivity contribution in [2.24, 2.45) is 0 Å². The lowest BCUT2D eigenvalue weighted by Crippen LogP contribution is -2.21. The van der Waals surface area contributed by atoms with Crippen molar-refractivity contribution in [2.45, 2.75) is 17.8 Å². The fourth-order valence-electron chi connectivity index (χ4n) is 3.95. The summed E-state index contributed by atoms with van der Waals surface area (Å²) >= 11 is 0. The van der Waals surface area contributed by atoms with Gasteiger partial charge in [0.15, 0.2) is 0 Å². The smallest absolute Gasteiger partial charge is 0.328 e. The maximum absolute atomic E-state index is 11.0. The lowest BCUT2D eigenvalue weighted by molar-refractivity contribution is -0.131. The molecule has 2 bridgehead atoms. The standard InChI is InChI=1S/C18H14O2/c19-17(20)9-10-18-11-14(12-5-1-3-7-15(12)18)13-6-2-4-8-16(13)18/h1-10,14H,11H2,(H,19,20). The number of carboxylic acid groups (broad SMARTS) is 1. The summed E-state index contributed by atoms with van der Waals surface area (Å²) in [5, 5.41) is 9.01. The van der Waals surface area contributed by atoms with Crippen molar-refractivity contribution in [3.63, 3.8) is 0 Å². The molecule has 2 heteroatoms. The van der Waals surface area contributed by atoms with Gasteiger partial charge >= 0.3 is 5.97 Å². The molecule has 1 N–H and O–H groups in total. The van der Waals surface area contributed by atoms with Crippen molar-refractivity contribution in [3.05, 3.63) is 82.9 Å². The SMILES string of the molecule is O=C(O)C=CC12CC(c3ccccc31)c1ccccc12. The lowest BCUT2D eigenvalue weighted by Gasteiger charge is -2.28. The van der Waals surface area contributed by atoms with Crippen molar-refractivity contribution in [1.82, 2.24) is 0 Å². The second kappa shape index (κ2) is 3.83. The van der Waals surface area contributed by atoms with E-state index in [9.17, 15) is 4.79 Å². The number of fused-ring (bicyclic) bond motifs is 8. The molecule has 0 saturated carbocycles. The largest absolute Gasteiger partial charge is 0.478 e. The monoisotopic (exact) mass is 262 g/mol. The van der Waals surface area contributed by atoms with E-state index < -0.39 is 5.97 Å². The van der Waals surface area contributed by atoms with Gasteiger partial charge in [0.1, 0.15) is 0 Å². The van der Waals surface area contributed by atoms with Crippen LogP contribution in [0.2, 0.25) is 0 Å². The fourth-order valence-corrected chi connectivity index (χ4v) is 3.95. The molecule has 0 heterocycles. The summed E-state index contributed by atoms with van der Waals surface area (Å²) in [7, 11) is 0. The van der Waals surface area contributed by atoms with Crippen LogP contribution in [-0.4, -0.2) is 11.1 Å². The zero-order valence-electron chi connectivity index (χ0n) is 10.9. The van der Waals surface area contributed by atoms with Crippen LogP contribution in [0.5, 0.6) is 0 Å². The minimum Gasteiger partial charge on any atom is -0.478 e. The van der Waals surface area contributed by atoms with E-state index in [-0.39, 0.29) is 5.41 Å². The molecule has 0 spiro atoms. The summed E-state index contributed by atoms with van der Waals surface area (Å²) in [6.45, 7) is 0. The van der Waals surface area contributed by atoms with Crippen LogP contribution in [0, 0.1) is 0 Å². The van der Waals surface area contributed by atoms with Gasteiger partial charge in [-0.3, -0.25) is 0 Å². The molecule has 98 valence electrons. The van der Waals surface area contributed by atoms with Gasteiger partial charge in [0, 0.05) is 17.4 Å². The second-order valence-corrected chi connectivity index (χ2v) is 5.57. The summed E-state index contributed by atoms with van der Waals surface area (Å²) < 4.78 is 0. The minimum absolute atomic E-state index is 0.254. The van der Waals surface area contributed by atoms with Gasteiger partial charge < -0.3 is 5.11 Å². The van der Waals surface area contributed by atoms with Gasteiger partial charge in [0.25, 0.3) is 0 Å². The highest BCUT2D eigenvalue weighted by atomic mass is 16.4. The zero-order valence-corrected chi connectivity index (χ0v) is 10.9. The van der Waals surface area contributed by atoms with Crippen molar-refractivity contribution in [2.75, 3.05) is 0 Å². The number of hydrogen-bond acceptors (Lipinski definition) is 1. The number of carbonyl (C=O) groups is 1. The van der Waals surface area contributed by atoms with Crippen LogP contribution in [0.1, 0.15) is 34.6 Å². The summed E-state index contributed by atoms with van der Waals surface area (Å²) in [4.78, 5) is 11.0. The quantitative estimate of drug-likeness (QED) is 0.841. The van der Waals surface area contributed by atoms with Crippen LogP contribution in [0.3, 0.4) is 0 Å². The minimum atomic E-state index is -0.885. The average Bonchev–Trinajstić information content (AvgIpc) is 2.98. The Labute approximate surface area is 117 Å². The molecule has 2 aliphatic rings. The molecule has 0 aliphatic heterocycles. The van der Waals surface area contributed by atoms with Crippen LogP contribution in [0.15, 0.2) is 60.7 Å². The lowest BCUT2D eigenvalue weighted by atomic mass is 9.75. The Morgan fingerprint density at radius 3 is 2.15 bits per heavy atom. The Morgan fingerprint density at radius 2 is 1.60 bits per heavy atom. The van der Waals surface area contributed by atoms with Crippen LogP contribution < -0.4 is 0 Å². The van der Waals surface area contributed by atoms with E-state index in [1.165, 1.54) is 28.3 Å². The summed E-state index contributed by atoms with van der Waals surface area (Å²) in [6, 6.07) is 16.8. The highest BCUT2D eigenvalue weighted by Gasteiger charge is 2.50. The Balaban J connectivity index is 2.00. The van der Waals surface area contributed by atoms with Gasteiger partial charge in [-0.2, -0.15) is 0 Å². The molecule has 0 unspecified atom stereocenters. The number of benzene rings is 2. The highest BCUT2D eigenvalue weighted by Crippen LogP contribution is 2.60. The first kappa shape index (κ1) is 11.5. The Morgan fingerprint density at radius 1 is 1.05 bits per heavy atom. The Kier molecular flexibility index (Phi) is 2.19. The summed E-state index contributed by atoms with van der Waals surface area (Å²) in [5.41, 5.74) is 4.97. The third-order valence-corrected chi connectivity index (χ3v) is 4.67. The number of aliphatic carboxylic acids is 1. The van der Waals surface area contributed by atoms with Crippen LogP contribution >= 0.6 is 0 Å². The third-order valence-electron chi connectivity index (χ3n) is 4.67. The Bertz CT molecular complexity index is 695. The maximum Gasteiger partial charge on any atom is 0.328 e. The van der Waals surface area contributed by atoms with Gasteiger partial charge in [-0.1, -0.05) is 54.6 Å².